The first kappa shape index (κ1) is 14.4. The fourth-order valence-corrected chi connectivity index (χ4v) is 1.90. The lowest BCUT2D eigenvalue weighted by molar-refractivity contribution is 0.568. The first-order valence-electron chi connectivity index (χ1n) is 6.44. The summed E-state index contributed by atoms with van der Waals surface area (Å²) in [5, 5.41) is 0. The van der Waals surface area contributed by atoms with Crippen molar-refractivity contribution in [2.24, 2.45) is 5.84 Å². The second kappa shape index (κ2) is 5.17. The van der Waals surface area contributed by atoms with Gasteiger partial charge < -0.3 is 5.43 Å². The van der Waals surface area contributed by atoms with Gasteiger partial charge in [0.25, 0.3) is 0 Å². The molecule has 0 saturated heterocycles. The Hall–Kier alpha value is -2.01. The molecule has 1 heterocycles. The maximum Gasteiger partial charge on any atom is 0.162 e. The molecule has 1 aromatic carbocycles. The van der Waals surface area contributed by atoms with Crippen LogP contribution in [0.4, 0.5) is 10.2 Å². The molecule has 0 spiro atoms. The van der Waals surface area contributed by atoms with Crippen molar-refractivity contribution in [2.45, 2.75) is 33.1 Å². The molecule has 106 valence electrons. The van der Waals surface area contributed by atoms with Crippen LogP contribution in [0.25, 0.3) is 11.4 Å². The average molecular weight is 274 g/mol. The number of benzene rings is 1. The van der Waals surface area contributed by atoms with E-state index in [2.05, 4.69) is 36.2 Å². The Morgan fingerprint density at radius 1 is 1.15 bits per heavy atom. The summed E-state index contributed by atoms with van der Waals surface area (Å²) in [6.07, 6.45) is 0. The molecule has 0 amide bonds. The van der Waals surface area contributed by atoms with Crippen molar-refractivity contribution in [3.63, 3.8) is 0 Å². The normalized spacial score (nSPS) is 11.5. The lowest BCUT2D eigenvalue weighted by atomic mass is 9.91. The van der Waals surface area contributed by atoms with E-state index in [4.69, 9.17) is 5.84 Å². The van der Waals surface area contributed by atoms with Crippen LogP contribution >= 0.6 is 0 Å². The Morgan fingerprint density at radius 3 is 2.40 bits per heavy atom. The first-order chi connectivity index (χ1) is 9.31. The topological polar surface area (TPSA) is 63.8 Å². The highest BCUT2D eigenvalue weighted by molar-refractivity contribution is 5.62. The molecule has 0 aliphatic rings. The fraction of sp³-hybridized carbons (Fsp3) is 0.333. The van der Waals surface area contributed by atoms with E-state index >= 15 is 0 Å². The Kier molecular flexibility index (Phi) is 3.72. The first-order valence-corrected chi connectivity index (χ1v) is 6.44. The molecule has 3 N–H and O–H groups in total. The van der Waals surface area contributed by atoms with E-state index in [1.807, 2.05) is 13.0 Å². The second-order valence-corrected chi connectivity index (χ2v) is 5.82. The lowest BCUT2D eigenvalue weighted by Crippen LogP contribution is -2.17. The minimum absolute atomic E-state index is 0.128. The largest absolute Gasteiger partial charge is 0.308 e. The van der Waals surface area contributed by atoms with Crippen molar-refractivity contribution in [2.75, 3.05) is 5.43 Å². The fourth-order valence-electron chi connectivity index (χ4n) is 1.90. The smallest absolute Gasteiger partial charge is 0.162 e. The van der Waals surface area contributed by atoms with Gasteiger partial charge in [-0.2, -0.15) is 0 Å². The summed E-state index contributed by atoms with van der Waals surface area (Å²) in [5.74, 6) is 6.29. The molecule has 20 heavy (non-hydrogen) atoms. The highest BCUT2D eigenvalue weighted by Crippen LogP contribution is 2.27. The minimum atomic E-state index is -0.268. The van der Waals surface area contributed by atoms with Gasteiger partial charge in [-0.05, 0) is 30.7 Å². The number of anilines is 1. The van der Waals surface area contributed by atoms with Crippen LogP contribution in [0, 0.1) is 12.7 Å². The van der Waals surface area contributed by atoms with E-state index in [0.717, 1.165) is 16.8 Å². The van der Waals surface area contributed by atoms with Crippen LogP contribution in [0.1, 0.15) is 32.0 Å². The molecular weight excluding hydrogens is 255 g/mol. The summed E-state index contributed by atoms with van der Waals surface area (Å²) < 4.78 is 13.2. The number of nitrogen functional groups attached to an aromatic ring is 1. The van der Waals surface area contributed by atoms with E-state index < -0.39 is 0 Å². The molecular formula is C15H19FN4. The minimum Gasteiger partial charge on any atom is -0.308 e. The highest BCUT2D eigenvalue weighted by atomic mass is 19.1. The van der Waals surface area contributed by atoms with Crippen molar-refractivity contribution < 1.29 is 4.39 Å². The summed E-state index contributed by atoms with van der Waals surface area (Å²) >= 11 is 0. The standard InChI is InChI=1S/C15H19FN4/c1-9-7-10(16)5-6-11(9)14-18-12(15(2,3)4)8-13(19-14)20-17/h5-8H,17H2,1-4H3,(H,18,19,20). The van der Waals surface area contributed by atoms with Gasteiger partial charge in [-0.1, -0.05) is 20.8 Å². The van der Waals surface area contributed by atoms with Crippen molar-refractivity contribution in [3.05, 3.63) is 41.3 Å². The van der Waals surface area contributed by atoms with Gasteiger partial charge in [-0.3, -0.25) is 0 Å². The molecule has 5 heteroatoms. The maximum absolute atomic E-state index is 13.2. The van der Waals surface area contributed by atoms with E-state index in [-0.39, 0.29) is 11.2 Å². The van der Waals surface area contributed by atoms with Gasteiger partial charge in [-0.25, -0.2) is 20.2 Å². The maximum atomic E-state index is 13.2. The van der Waals surface area contributed by atoms with Gasteiger partial charge in [0, 0.05) is 17.0 Å². The summed E-state index contributed by atoms with van der Waals surface area (Å²) in [5.41, 5.74) is 4.89. The van der Waals surface area contributed by atoms with Crippen LogP contribution in [-0.4, -0.2) is 9.97 Å². The number of nitrogens with zero attached hydrogens (tertiary/aromatic N) is 2. The van der Waals surface area contributed by atoms with Gasteiger partial charge >= 0.3 is 0 Å². The van der Waals surface area contributed by atoms with Crippen LogP contribution in [0.5, 0.6) is 0 Å². The number of hydrazine groups is 1. The van der Waals surface area contributed by atoms with Crippen LogP contribution < -0.4 is 11.3 Å². The molecule has 1 aromatic heterocycles. The van der Waals surface area contributed by atoms with Gasteiger partial charge in [0.15, 0.2) is 5.82 Å². The molecule has 0 aliphatic heterocycles. The summed E-state index contributed by atoms with van der Waals surface area (Å²) in [4.78, 5) is 8.94. The van der Waals surface area contributed by atoms with Gasteiger partial charge in [-0.15, -0.1) is 0 Å². The van der Waals surface area contributed by atoms with Gasteiger partial charge in [0.05, 0.1) is 5.69 Å². The van der Waals surface area contributed by atoms with Crippen molar-refractivity contribution in [1.29, 1.82) is 0 Å². The monoisotopic (exact) mass is 274 g/mol. The molecule has 0 fully saturated rings. The third-order valence-electron chi connectivity index (χ3n) is 3.07. The molecule has 0 bridgehead atoms. The van der Waals surface area contributed by atoms with Gasteiger partial charge in [0.1, 0.15) is 11.6 Å². The van der Waals surface area contributed by atoms with Crippen LogP contribution in [0.15, 0.2) is 24.3 Å². The molecule has 0 aliphatic carbocycles. The zero-order valence-corrected chi connectivity index (χ0v) is 12.2. The second-order valence-electron chi connectivity index (χ2n) is 5.82. The van der Waals surface area contributed by atoms with E-state index in [1.54, 1.807) is 6.07 Å². The number of nitrogens with two attached hydrogens (primary N) is 1. The molecule has 2 aromatic rings. The van der Waals surface area contributed by atoms with Crippen molar-refractivity contribution in [3.8, 4) is 11.4 Å². The number of rotatable bonds is 2. The van der Waals surface area contributed by atoms with E-state index in [0.29, 0.717) is 11.6 Å². The number of hydrogen-bond donors (Lipinski definition) is 2. The van der Waals surface area contributed by atoms with Crippen molar-refractivity contribution in [1.82, 2.24) is 9.97 Å². The van der Waals surface area contributed by atoms with Crippen LogP contribution in [-0.2, 0) is 5.41 Å². The Morgan fingerprint density at radius 2 is 1.85 bits per heavy atom. The molecule has 0 atom stereocenters. The SMILES string of the molecule is Cc1cc(F)ccc1-c1nc(NN)cc(C(C)(C)C)n1. The Balaban J connectivity index is 2.61. The average Bonchev–Trinajstić information content (AvgIpc) is 2.37. The molecule has 2 rings (SSSR count). The molecule has 4 nitrogen and oxygen atoms in total. The number of halogens is 1. The lowest BCUT2D eigenvalue weighted by Gasteiger charge is -2.19. The number of aromatic nitrogens is 2. The van der Waals surface area contributed by atoms with Gasteiger partial charge in [0.2, 0.25) is 0 Å². The summed E-state index contributed by atoms with van der Waals surface area (Å²) in [7, 11) is 0. The van der Waals surface area contributed by atoms with E-state index in [1.165, 1.54) is 12.1 Å². The quantitative estimate of drug-likeness (QED) is 0.652. The van der Waals surface area contributed by atoms with Crippen molar-refractivity contribution >= 4 is 5.82 Å². The zero-order valence-electron chi connectivity index (χ0n) is 12.2. The number of hydrogen-bond acceptors (Lipinski definition) is 4. The van der Waals surface area contributed by atoms with E-state index in [9.17, 15) is 4.39 Å². The summed E-state index contributed by atoms with van der Waals surface area (Å²) in [6.45, 7) is 8.03. The number of aryl methyl sites for hydroxylation is 1. The summed E-state index contributed by atoms with van der Waals surface area (Å²) in [6, 6.07) is 6.39. The predicted molar refractivity (Wildman–Crippen MR) is 78.7 cm³/mol. The highest BCUT2D eigenvalue weighted by Gasteiger charge is 2.19. The molecule has 0 unspecified atom stereocenters. The molecule has 0 saturated carbocycles. The molecule has 0 radical (unpaired) electrons. The Labute approximate surface area is 118 Å². The number of nitrogens with one attached hydrogen (secondary N) is 1. The van der Waals surface area contributed by atoms with Crippen LogP contribution in [0.2, 0.25) is 0 Å². The Bertz CT molecular complexity index is 632. The zero-order chi connectivity index (χ0) is 14.9. The predicted octanol–water partition coefficient (Wildman–Crippen LogP) is 3.17. The van der Waals surface area contributed by atoms with Crippen LogP contribution in [0.3, 0.4) is 0 Å². The third-order valence-corrected chi connectivity index (χ3v) is 3.07. The third kappa shape index (κ3) is 2.93.